The molecule has 7 aliphatic rings. The van der Waals surface area contributed by atoms with Gasteiger partial charge in [0.15, 0.2) is 12.6 Å². The van der Waals surface area contributed by atoms with Gasteiger partial charge in [-0.3, -0.25) is 0 Å². The highest BCUT2D eigenvalue weighted by Crippen LogP contribution is 2.77. The zero-order valence-electron chi connectivity index (χ0n) is 33.3. The lowest BCUT2D eigenvalue weighted by Crippen LogP contribution is -2.67. The maximum absolute atomic E-state index is 11.4. The summed E-state index contributed by atoms with van der Waals surface area (Å²) in [6.07, 6.45) is -4.44. The zero-order chi connectivity index (χ0) is 39.3. The van der Waals surface area contributed by atoms with Crippen LogP contribution < -0.4 is 0 Å². The van der Waals surface area contributed by atoms with E-state index in [0.717, 1.165) is 51.4 Å². The third-order valence-electron chi connectivity index (χ3n) is 17.7. The van der Waals surface area contributed by atoms with Crippen molar-refractivity contribution in [1.82, 2.24) is 0 Å². The Kier molecular flexibility index (Phi) is 11.1. The van der Waals surface area contributed by atoms with E-state index in [9.17, 15) is 40.9 Å². The van der Waals surface area contributed by atoms with Gasteiger partial charge in [-0.05, 0) is 128 Å². The van der Waals surface area contributed by atoms with Crippen LogP contribution >= 0.6 is 0 Å². The lowest BCUT2D eigenvalue weighted by molar-refractivity contribution is -0.362. The highest BCUT2D eigenvalue weighted by molar-refractivity contribution is 5.21. The van der Waals surface area contributed by atoms with Crippen LogP contribution in [0, 0.1) is 56.7 Å². The Morgan fingerprint density at radius 3 is 2.00 bits per heavy atom. The van der Waals surface area contributed by atoms with Crippen molar-refractivity contribution in [2.45, 2.75) is 173 Å². The minimum absolute atomic E-state index is 0.0951. The van der Waals surface area contributed by atoms with Gasteiger partial charge >= 0.3 is 0 Å². The quantitative estimate of drug-likeness (QED) is 0.169. The first-order valence-corrected chi connectivity index (χ1v) is 20.8. The van der Waals surface area contributed by atoms with Gasteiger partial charge in [-0.1, -0.05) is 46.8 Å². The first-order chi connectivity index (χ1) is 25.3. The minimum atomic E-state index is -1.73. The molecule has 5 aliphatic carbocycles. The van der Waals surface area contributed by atoms with Gasteiger partial charge in [0, 0.05) is 0 Å². The highest BCUT2D eigenvalue weighted by Gasteiger charge is 2.71. The van der Waals surface area contributed by atoms with Gasteiger partial charge in [-0.25, -0.2) is 0 Å². The van der Waals surface area contributed by atoms with Crippen LogP contribution in [0.1, 0.15) is 106 Å². The second-order valence-corrected chi connectivity index (χ2v) is 20.2. The molecule has 12 nitrogen and oxygen atoms in total. The molecule has 0 radical (unpaired) electrons. The largest absolute Gasteiger partial charge is 0.394 e. The summed E-state index contributed by atoms with van der Waals surface area (Å²) < 4.78 is 23.8. The van der Waals surface area contributed by atoms with Crippen LogP contribution in [0.15, 0.2) is 12.2 Å². The summed E-state index contributed by atoms with van der Waals surface area (Å²) in [6.45, 7) is 18.0. The lowest BCUT2D eigenvalue weighted by atomic mass is 9.32. The monoisotopic (exact) mass is 766 g/mol. The summed E-state index contributed by atoms with van der Waals surface area (Å²) in [6, 6.07) is 0. The number of ether oxygens (including phenoxy) is 4. The molecule has 12 heteroatoms. The molecule has 2 saturated heterocycles. The summed E-state index contributed by atoms with van der Waals surface area (Å²) in [5.41, 5.74) is 1.39. The van der Waals surface area contributed by atoms with Crippen LogP contribution in [0.2, 0.25) is 0 Å². The molecule has 0 aromatic rings. The van der Waals surface area contributed by atoms with E-state index >= 15 is 0 Å². The normalized spacial score (nSPS) is 55.6. The second-order valence-electron chi connectivity index (χ2n) is 20.2. The molecule has 0 amide bonds. The third-order valence-corrected chi connectivity index (χ3v) is 17.7. The number of aliphatic hydroxyl groups is 8. The Bertz CT molecular complexity index is 1370. The molecule has 0 unspecified atom stereocenters. The molecule has 310 valence electrons. The summed E-state index contributed by atoms with van der Waals surface area (Å²) in [5.74, 6) is 2.24. The van der Waals surface area contributed by atoms with Gasteiger partial charge < -0.3 is 59.8 Å². The first-order valence-electron chi connectivity index (χ1n) is 20.8. The Morgan fingerprint density at radius 1 is 0.667 bits per heavy atom. The Hall–Kier alpha value is -0.740. The van der Waals surface area contributed by atoms with Crippen molar-refractivity contribution in [1.29, 1.82) is 0 Å². The van der Waals surface area contributed by atoms with Crippen LogP contribution in [0.5, 0.6) is 0 Å². The number of hydrogen-bond donors (Lipinski definition) is 8. The molecule has 0 aromatic heterocycles. The summed E-state index contributed by atoms with van der Waals surface area (Å²) in [5, 5.41) is 84.7. The van der Waals surface area contributed by atoms with E-state index in [1.165, 1.54) is 18.4 Å². The molecule has 20 atom stereocenters. The number of hydrogen-bond acceptors (Lipinski definition) is 12. The Balaban J connectivity index is 1.09. The summed E-state index contributed by atoms with van der Waals surface area (Å²) >= 11 is 0. The third kappa shape index (κ3) is 6.05. The molecular weight excluding hydrogens is 696 g/mol. The lowest BCUT2D eigenvalue weighted by Gasteiger charge is -2.73. The average Bonchev–Trinajstić information content (AvgIpc) is 3.52. The van der Waals surface area contributed by atoms with E-state index in [2.05, 4.69) is 48.1 Å². The molecule has 8 N–H and O–H groups in total. The fourth-order valence-corrected chi connectivity index (χ4v) is 14.5. The fourth-order valence-electron chi connectivity index (χ4n) is 14.5. The predicted molar refractivity (Wildman–Crippen MR) is 197 cm³/mol. The van der Waals surface area contributed by atoms with Crippen molar-refractivity contribution >= 4 is 0 Å². The molecule has 0 bridgehead atoms. The zero-order valence-corrected chi connectivity index (χ0v) is 33.3. The SMILES string of the molecule is C=C(C)[C@@H]1CC[C@]2(CO[C@@H]3O[C@H](CO)[C@@H](O[C@H]4O[C@H](CO)[C@@H](O)[C@H](O)[C@H]4O)[C@H](O)[C@H]3O)CC[C@]3(C)[C@H](CC[C@@H]4[C@@]5(C)CC[C@H](O)C(C)(C)[C@@H]5CC[C@]43C)[C@@H]12. The van der Waals surface area contributed by atoms with Crippen molar-refractivity contribution in [2.24, 2.45) is 56.7 Å². The number of aliphatic hydroxyl groups excluding tert-OH is 8. The molecule has 7 rings (SSSR count). The maximum atomic E-state index is 11.4. The number of fused-ring (bicyclic) bond motifs is 7. The van der Waals surface area contributed by atoms with Crippen LogP contribution in [0.4, 0.5) is 0 Å². The van der Waals surface area contributed by atoms with Crippen LogP contribution in [0.3, 0.4) is 0 Å². The van der Waals surface area contributed by atoms with E-state index in [1.807, 2.05) is 0 Å². The molecular formula is C42H70O12. The standard InChI is InChI=1S/C42H70O12/c1-21(2)22-10-15-42(20-51-36-34(50)32(48)35(25(19-44)53-36)54-37-33(49)31(47)30(46)24(18-43)52-37)17-16-40(6)23(29(22)42)8-9-27-39(5)13-12-28(45)38(3,4)26(39)11-14-41(27,40)7/h22-37,43-50H,1,8-20H2,2-7H3/t22-,23+,24+,25+,26-,27+,28-,29+,30+,31-,32+,33+,34+,35+,36+,37+,39-,40+,41+,42+/m0/s1. The number of rotatable bonds is 8. The second kappa shape index (κ2) is 14.5. The average molecular weight is 767 g/mol. The first kappa shape index (κ1) is 41.4. The van der Waals surface area contributed by atoms with E-state index in [4.69, 9.17) is 18.9 Å². The van der Waals surface area contributed by atoms with Crippen molar-refractivity contribution in [3.63, 3.8) is 0 Å². The topological polar surface area (TPSA) is 199 Å². The Labute approximate surface area is 321 Å². The van der Waals surface area contributed by atoms with Crippen molar-refractivity contribution in [2.75, 3.05) is 19.8 Å². The summed E-state index contributed by atoms with van der Waals surface area (Å²) in [4.78, 5) is 0. The molecule has 2 heterocycles. The fraction of sp³-hybridized carbons (Fsp3) is 0.952. The maximum Gasteiger partial charge on any atom is 0.187 e. The van der Waals surface area contributed by atoms with Gasteiger partial charge in [0.05, 0.1) is 25.9 Å². The van der Waals surface area contributed by atoms with Crippen LogP contribution in [-0.4, -0.2) is 128 Å². The van der Waals surface area contributed by atoms with Crippen molar-refractivity contribution in [3.8, 4) is 0 Å². The smallest absolute Gasteiger partial charge is 0.187 e. The molecule has 54 heavy (non-hydrogen) atoms. The minimum Gasteiger partial charge on any atom is -0.394 e. The highest BCUT2D eigenvalue weighted by atomic mass is 16.7. The predicted octanol–water partition coefficient (Wildman–Crippen LogP) is 2.65. The molecule has 0 aromatic carbocycles. The van der Waals surface area contributed by atoms with E-state index in [-0.39, 0.29) is 33.2 Å². The van der Waals surface area contributed by atoms with E-state index in [1.54, 1.807) is 0 Å². The van der Waals surface area contributed by atoms with Crippen molar-refractivity contribution in [3.05, 3.63) is 12.2 Å². The van der Waals surface area contributed by atoms with Crippen LogP contribution in [0.25, 0.3) is 0 Å². The molecule has 0 spiro atoms. The van der Waals surface area contributed by atoms with Gasteiger partial charge in [-0.2, -0.15) is 0 Å². The van der Waals surface area contributed by atoms with Gasteiger partial charge in [-0.15, -0.1) is 0 Å². The molecule has 7 fully saturated rings. The number of allylic oxidation sites excluding steroid dienone is 1. The summed E-state index contributed by atoms with van der Waals surface area (Å²) in [7, 11) is 0. The Morgan fingerprint density at radius 2 is 1.33 bits per heavy atom. The van der Waals surface area contributed by atoms with Crippen molar-refractivity contribution < 1.29 is 59.8 Å². The molecule has 2 aliphatic heterocycles. The van der Waals surface area contributed by atoms with Gasteiger partial charge in [0.2, 0.25) is 0 Å². The van der Waals surface area contributed by atoms with Crippen LogP contribution in [-0.2, 0) is 18.9 Å². The molecule has 5 saturated carbocycles. The van der Waals surface area contributed by atoms with Gasteiger partial charge in [0.25, 0.3) is 0 Å². The van der Waals surface area contributed by atoms with E-state index in [0.29, 0.717) is 36.2 Å². The van der Waals surface area contributed by atoms with Gasteiger partial charge in [0.1, 0.15) is 48.8 Å². The van der Waals surface area contributed by atoms with E-state index < -0.39 is 74.6 Å².